The number of hydrogen-bond donors (Lipinski definition) is 1. The molecule has 0 amide bonds. The van der Waals surface area contributed by atoms with Crippen molar-refractivity contribution < 1.29 is 18.0 Å². The third-order valence-corrected chi connectivity index (χ3v) is 2.57. The summed E-state index contributed by atoms with van der Waals surface area (Å²) in [5.41, 5.74) is -0.863. The van der Waals surface area contributed by atoms with Crippen LogP contribution in [-0.4, -0.2) is 11.2 Å². The zero-order chi connectivity index (χ0) is 10.9. The van der Waals surface area contributed by atoms with Crippen molar-refractivity contribution in [2.75, 3.05) is 6.26 Å². The average molecular weight is 244 g/mol. The van der Waals surface area contributed by atoms with Crippen molar-refractivity contribution >= 4 is 22.3 Å². The van der Waals surface area contributed by atoms with Crippen LogP contribution in [-0.2, 0) is 16.9 Å². The monoisotopic (exact) mass is 243 g/mol. The summed E-state index contributed by atoms with van der Waals surface area (Å²) < 4.78 is 42.7. The summed E-state index contributed by atoms with van der Waals surface area (Å²) in [5.74, 6) is 0. The van der Waals surface area contributed by atoms with Crippen LogP contribution in [0.25, 0.3) is 0 Å². The van der Waals surface area contributed by atoms with Gasteiger partial charge in [-0.3, -0.25) is 0 Å². The minimum absolute atomic E-state index is 0.0495. The van der Waals surface area contributed by atoms with E-state index in [1.807, 2.05) is 0 Å². The van der Waals surface area contributed by atoms with Crippen molar-refractivity contribution in [3.05, 3.63) is 22.8 Å². The number of hydrogen-bond acceptors (Lipinski definition) is 1. The maximum Gasteiger partial charge on any atom is 0.419 e. The van der Waals surface area contributed by atoms with Crippen LogP contribution in [0.3, 0.4) is 0 Å². The Morgan fingerprint density at radius 3 is 2.50 bits per heavy atom. The van der Waals surface area contributed by atoms with E-state index in [0.717, 1.165) is 12.3 Å². The lowest BCUT2D eigenvalue weighted by Crippen LogP contribution is -2.35. The summed E-state index contributed by atoms with van der Waals surface area (Å²) in [6.07, 6.45) is -1.85. The Bertz CT molecular complexity index is 378. The zero-order valence-electron chi connectivity index (χ0n) is 7.10. The lowest BCUT2D eigenvalue weighted by atomic mass is 10.3. The molecule has 0 aliphatic heterocycles. The quantitative estimate of drug-likeness (QED) is 0.794. The highest BCUT2D eigenvalue weighted by molar-refractivity contribution is 7.83. The van der Waals surface area contributed by atoms with Crippen molar-refractivity contribution in [3.8, 4) is 0 Å². The van der Waals surface area contributed by atoms with Gasteiger partial charge in [-0.15, -0.1) is 0 Å². The molecule has 0 bridgehead atoms. The van der Waals surface area contributed by atoms with E-state index in [0.29, 0.717) is 0 Å². The van der Waals surface area contributed by atoms with Crippen LogP contribution in [0.5, 0.6) is 0 Å². The molecule has 78 valence electrons. The molecular weight excluding hydrogens is 237 g/mol. The van der Waals surface area contributed by atoms with Crippen LogP contribution in [0.1, 0.15) is 5.56 Å². The molecule has 1 aromatic heterocycles. The highest BCUT2D eigenvalue weighted by Crippen LogP contribution is 2.33. The molecule has 1 rings (SSSR count). The minimum atomic E-state index is -4.46. The van der Waals surface area contributed by atoms with Crippen molar-refractivity contribution in [2.24, 2.45) is 0 Å². The van der Waals surface area contributed by atoms with Crippen LogP contribution in [0.4, 0.5) is 13.2 Å². The van der Waals surface area contributed by atoms with E-state index in [-0.39, 0.29) is 10.0 Å². The van der Waals surface area contributed by atoms with Gasteiger partial charge in [0.15, 0.2) is 5.03 Å². The lowest BCUT2D eigenvalue weighted by Gasteiger charge is -2.09. The molecule has 0 saturated carbocycles. The summed E-state index contributed by atoms with van der Waals surface area (Å²) >= 11 is 5.43. The van der Waals surface area contributed by atoms with Crippen molar-refractivity contribution in [1.82, 2.24) is 4.98 Å². The van der Waals surface area contributed by atoms with Crippen molar-refractivity contribution in [3.63, 3.8) is 0 Å². The second-order valence-corrected chi connectivity index (χ2v) is 4.50. The van der Waals surface area contributed by atoms with Crippen molar-refractivity contribution in [1.29, 1.82) is 0 Å². The highest BCUT2D eigenvalue weighted by Gasteiger charge is 2.35. The molecule has 0 aliphatic carbocycles. The largest absolute Gasteiger partial charge is 0.419 e. The van der Waals surface area contributed by atoms with E-state index in [4.69, 9.17) is 16.4 Å². The third kappa shape index (κ3) is 2.45. The number of aromatic nitrogens is 1. The Labute approximate surface area is 86.0 Å². The summed E-state index contributed by atoms with van der Waals surface area (Å²) in [6, 6.07) is 0.834. The molecule has 1 atom stereocenters. The number of rotatable bonds is 1. The number of alkyl halides is 3. The molecule has 1 aromatic rings. The molecule has 2 nitrogen and oxygen atoms in total. The fourth-order valence-electron chi connectivity index (χ4n) is 0.886. The molecular formula is C7H7ClF3N2S+. The van der Waals surface area contributed by atoms with E-state index >= 15 is 0 Å². The SMILES string of the molecule is CS(=[NH2+])c1ncc(Cl)cc1C(F)(F)F. The van der Waals surface area contributed by atoms with E-state index in [2.05, 4.69) is 4.98 Å². The van der Waals surface area contributed by atoms with Gasteiger partial charge in [-0.2, -0.15) is 13.2 Å². The van der Waals surface area contributed by atoms with Gasteiger partial charge in [-0.05, 0) is 6.07 Å². The molecule has 7 heteroatoms. The number of pyridine rings is 1. The summed E-state index contributed by atoms with van der Waals surface area (Å²) in [5, 5.41) is -0.214. The predicted molar refractivity (Wildman–Crippen MR) is 47.7 cm³/mol. The van der Waals surface area contributed by atoms with Gasteiger partial charge in [-0.25, -0.2) is 9.76 Å². The first-order chi connectivity index (χ1) is 6.32. The van der Waals surface area contributed by atoms with Gasteiger partial charge in [0.1, 0.15) is 0 Å². The van der Waals surface area contributed by atoms with Crippen LogP contribution >= 0.6 is 11.6 Å². The topological polar surface area (TPSA) is 38.5 Å². The van der Waals surface area contributed by atoms with E-state index in [1.165, 1.54) is 6.26 Å². The fourth-order valence-corrected chi connectivity index (χ4v) is 1.78. The van der Waals surface area contributed by atoms with Crippen LogP contribution < -0.4 is 4.78 Å². The fraction of sp³-hybridized carbons (Fsp3) is 0.286. The highest BCUT2D eigenvalue weighted by atomic mass is 35.5. The van der Waals surface area contributed by atoms with Gasteiger partial charge in [0.2, 0.25) is 0 Å². The number of nitrogens with two attached hydrogens (primary N) is 1. The minimum Gasteiger partial charge on any atom is -0.243 e. The lowest BCUT2D eigenvalue weighted by molar-refractivity contribution is -0.140. The maximum absolute atomic E-state index is 12.4. The molecule has 14 heavy (non-hydrogen) atoms. The Morgan fingerprint density at radius 1 is 1.50 bits per heavy atom. The van der Waals surface area contributed by atoms with Gasteiger partial charge >= 0.3 is 6.18 Å². The second-order valence-electron chi connectivity index (χ2n) is 2.56. The summed E-state index contributed by atoms with van der Waals surface area (Å²) in [4.78, 5) is 3.58. The molecule has 1 unspecified atom stereocenters. The van der Waals surface area contributed by atoms with E-state index < -0.39 is 22.4 Å². The van der Waals surface area contributed by atoms with Gasteiger partial charge < -0.3 is 0 Å². The molecule has 0 spiro atoms. The Hall–Kier alpha value is -0.620. The van der Waals surface area contributed by atoms with Crippen molar-refractivity contribution in [2.45, 2.75) is 11.2 Å². The number of nitrogens with zero attached hydrogens (tertiary/aromatic N) is 1. The molecule has 0 radical (unpaired) electrons. The third-order valence-electron chi connectivity index (χ3n) is 1.43. The predicted octanol–water partition coefficient (Wildman–Crippen LogP) is 1.30. The smallest absolute Gasteiger partial charge is 0.243 e. The van der Waals surface area contributed by atoms with E-state index in [1.54, 1.807) is 0 Å². The van der Waals surface area contributed by atoms with Gasteiger partial charge in [0.25, 0.3) is 0 Å². The Kier molecular flexibility index (Phi) is 3.16. The van der Waals surface area contributed by atoms with Gasteiger partial charge in [0, 0.05) is 12.5 Å². The number of halogens is 4. The maximum atomic E-state index is 12.4. The normalized spacial score (nSPS) is 14.1. The molecule has 1 heterocycles. The molecule has 2 N–H and O–H groups in total. The summed E-state index contributed by atoms with van der Waals surface area (Å²) in [7, 11) is -1.04. The Balaban J connectivity index is 3.38. The standard InChI is InChI=1S/C7H6ClF3N2S/c1-14(12)6-5(7(9,10)11)2-4(8)3-13-6/h2-3,12H,1H3/p+1. The van der Waals surface area contributed by atoms with Crippen LogP contribution in [0.2, 0.25) is 5.02 Å². The molecule has 0 aliphatic rings. The zero-order valence-corrected chi connectivity index (χ0v) is 8.67. The van der Waals surface area contributed by atoms with Crippen LogP contribution in [0, 0.1) is 0 Å². The second kappa shape index (κ2) is 3.86. The first kappa shape index (κ1) is 11.5. The van der Waals surface area contributed by atoms with Crippen LogP contribution in [0.15, 0.2) is 17.3 Å². The molecule has 0 saturated heterocycles. The Morgan fingerprint density at radius 2 is 2.07 bits per heavy atom. The first-order valence-corrected chi connectivity index (χ1v) is 5.53. The average Bonchev–Trinajstić information content (AvgIpc) is 2.01. The summed E-state index contributed by atoms with van der Waals surface area (Å²) in [6.45, 7) is 0. The van der Waals surface area contributed by atoms with Gasteiger partial charge in [-0.1, -0.05) is 11.6 Å². The first-order valence-electron chi connectivity index (χ1n) is 3.45. The van der Waals surface area contributed by atoms with E-state index in [9.17, 15) is 13.2 Å². The van der Waals surface area contributed by atoms with Gasteiger partial charge in [0.05, 0.1) is 21.3 Å². The molecule has 0 fully saturated rings. The molecule has 0 aromatic carbocycles.